The molecule has 0 fully saturated rings. The van der Waals surface area contributed by atoms with Gasteiger partial charge in [0.1, 0.15) is 0 Å². The molecule has 4 heteroatoms. The summed E-state index contributed by atoms with van der Waals surface area (Å²) in [5.41, 5.74) is 0. The molecule has 0 bridgehead atoms. The fourth-order valence-electron chi connectivity index (χ4n) is 0.664. The molecule has 0 saturated carbocycles. The van der Waals surface area contributed by atoms with Crippen molar-refractivity contribution in [3.8, 4) is 0 Å². The molecule has 0 aliphatic rings. The SMILES string of the molecule is CCC/[C]([Hg][Cl])=C(\Cl)OC. The number of methoxy groups -OCH3 is 1. The Labute approximate surface area is 82.6 Å². The van der Waals surface area contributed by atoms with Crippen molar-refractivity contribution in [3.63, 3.8) is 0 Å². The van der Waals surface area contributed by atoms with Crippen LogP contribution < -0.4 is 0 Å². The Bertz CT molecular complexity index is 125. The van der Waals surface area contributed by atoms with Gasteiger partial charge in [0.05, 0.1) is 0 Å². The Kier molecular flexibility index (Phi) is 7.46. The molecule has 0 aliphatic carbocycles. The van der Waals surface area contributed by atoms with Crippen molar-refractivity contribution in [2.45, 2.75) is 19.8 Å². The number of ether oxygens (including phenoxy) is 1. The zero-order valence-electron chi connectivity index (χ0n) is 6.29. The third-order valence-corrected chi connectivity index (χ3v) is 9.17. The summed E-state index contributed by atoms with van der Waals surface area (Å²) in [6.45, 7) is 2.11. The van der Waals surface area contributed by atoms with Crippen LogP contribution in [0.1, 0.15) is 19.8 Å². The molecular formula is C6H10Cl2HgO. The van der Waals surface area contributed by atoms with Crippen molar-refractivity contribution < 1.29 is 28.1 Å². The van der Waals surface area contributed by atoms with E-state index >= 15 is 0 Å². The molecule has 10 heavy (non-hydrogen) atoms. The minimum absolute atomic E-state index is 0.540. The zero-order valence-corrected chi connectivity index (χ0v) is 13.3. The van der Waals surface area contributed by atoms with E-state index in [4.69, 9.17) is 24.6 Å². The number of hydrogen-bond acceptors (Lipinski definition) is 1. The maximum atomic E-state index is 5.82. The number of halogens is 2. The molecule has 0 rings (SSSR count). The quantitative estimate of drug-likeness (QED) is 0.547. The molecule has 0 aromatic rings. The summed E-state index contributed by atoms with van der Waals surface area (Å²) in [4.78, 5) is 0. The van der Waals surface area contributed by atoms with Crippen LogP contribution in [0.5, 0.6) is 0 Å². The number of rotatable bonds is 4. The first kappa shape index (κ1) is 11.1. The second-order valence-electron chi connectivity index (χ2n) is 1.97. The summed E-state index contributed by atoms with van der Waals surface area (Å²) in [6.07, 6.45) is 2.11. The molecule has 0 N–H and O–H groups in total. The monoisotopic (exact) mass is 370 g/mol. The fourth-order valence-corrected chi connectivity index (χ4v) is 7.05. The van der Waals surface area contributed by atoms with Crippen molar-refractivity contribution in [1.82, 2.24) is 0 Å². The van der Waals surface area contributed by atoms with Crippen LogP contribution in [0.15, 0.2) is 8.30 Å². The van der Waals surface area contributed by atoms with Gasteiger partial charge < -0.3 is 0 Å². The van der Waals surface area contributed by atoms with Gasteiger partial charge in [-0.05, 0) is 0 Å². The Morgan fingerprint density at radius 3 is 2.50 bits per heavy atom. The van der Waals surface area contributed by atoms with E-state index < -0.39 is 23.3 Å². The molecule has 0 unspecified atom stereocenters. The molecule has 0 radical (unpaired) electrons. The first-order valence-electron chi connectivity index (χ1n) is 3.23. The standard InChI is InChI=1S/C6H10ClO.ClH.Hg/c1-3-4-5-6(7)8-2;;/h3-4H2,1-2H3;1H;/q;;+1/p-1. The Morgan fingerprint density at radius 1 is 1.60 bits per heavy atom. The van der Waals surface area contributed by atoms with E-state index in [1.807, 2.05) is 0 Å². The summed E-state index contributed by atoms with van der Waals surface area (Å²) < 4.78 is 6.07. The van der Waals surface area contributed by atoms with Crippen molar-refractivity contribution in [1.29, 1.82) is 0 Å². The van der Waals surface area contributed by atoms with Gasteiger partial charge in [-0.15, -0.1) is 0 Å². The summed E-state index contributed by atoms with van der Waals surface area (Å²) in [7, 11) is 7.40. The van der Waals surface area contributed by atoms with E-state index in [0.29, 0.717) is 5.22 Å². The Morgan fingerprint density at radius 2 is 2.20 bits per heavy atom. The van der Waals surface area contributed by atoms with Crippen molar-refractivity contribution in [3.05, 3.63) is 8.30 Å². The molecule has 0 spiro atoms. The van der Waals surface area contributed by atoms with Gasteiger partial charge in [0.25, 0.3) is 0 Å². The van der Waals surface area contributed by atoms with Gasteiger partial charge in [-0.1, -0.05) is 0 Å². The van der Waals surface area contributed by atoms with Gasteiger partial charge in [-0.3, -0.25) is 0 Å². The van der Waals surface area contributed by atoms with Gasteiger partial charge >= 0.3 is 83.1 Å². The Hall–Kier alpha value is 1.06. The topological polar surface area (TPSA) is 9.23 Å². The van der Waals surface area contributed by atoms with Gasteiger partial charge in [0.2, 0.25) is 0 Å². The van der Waals surface area contributed by atoms with Crippen LogP contribution in [-0.2, 0) is 28.1 Å². The average molecular weight is 370 g/mol. The van der Waals surface area contributed by atoms with Crippen LogP contribution in [-0.4, -0.2) is 7.11 Å². The molecule has 0 atom stereocenters. The second kappa shape index (κ2) is 6.75. The summed E-state index contributed by atoms with van der Waals surface area (Å²) >= 11 is 4.43. The third-order valence-electron chi connectivity index (χ3n) is 1.17. The zero-order chi connectivity index (χ0) is 7.98. The van der Waals surface area contributed by atoms with Crippen molar-refractivity contribution in [2.24, 2.45) is 0 Å². The normalized spacial score (nSPS) is 12.0. The summed E-state index contributed by atoms with van der Waals surface area (Å²) in [5, 5.41) is 0.540. The van der Waals surface area contributed by atoms with Gasteiger partial charge in [-0.25, -0.2) is 0 Å². The third kappa shape index (κ3) is 4.04. The molecule has 0 saturated heterocycles. The van der Waals surface area contributed by atoms with Gasteiger partial charge in [0, 0.05) is 0 Å². The van der Waals surface area contributed by atoms with Crippen LogP contribution >= 0.6 is 19.9 Å². The van der Waals surface area contributed by atoms with E-state index in [1.54, 1.807) is 7.11 Å². The molecule has 0 aromatic heterocycles. The summed E-state index contributed by atoms with van der Waals surface area (Å²) in [5.74, 6) is 0. The first-order chi connectivity index (χ1) is 4.76. The maximum absolute atomic E-state index is 5.82. The molecular weight excluding hydrogens is 360 g/mol. The minimum atomic E-state index is -1.31. The van der Waals surface area contributed by atoms with Crippen molar-refractivity contribution in [2.75, 3.05) is 7.11 Å². The van der Waals surface area contributed by atoms with Crippen LogP contribution in [0.25, 0.3) is 0 Å². The van der Waals surface area contributed by atoms with Gasteiger partial charge in [0.15, 0.2) is 0 Å². The van der Waals surface area contributed by atoms with Crippen LogP contribution in [0.3, 0.4) is 0 Å². The predicted octanol–water partition coefficient (Wildman–Crippen LogP) is 3.08. The molecule has 0 heterocycles. The van der Waals surface area contributed by atoms with E-state index in [1.165, 1.54) is 3.08 Å². The predicted molar refractivity (Wildman–Crippen MR) is 40.6 cm³/mol. The molecule has 56 valence electrons. The van der Waals surface area contributed by atoms with E-state index in [9.17, 15) is 0 Å². The van der Waals surface area contributed by atoms with Crippen molar-refractivity contribution >= 4 is 19.9 Å². The van der Waals surface area contributed by atoms with Gasteiger partial charge in [-0.2, -0.15) is 0 Å². The first-order valence-corrected chi connectivity index (χ1v) is 13.1. The van der Waals surface area contributed by atoms with Crippen LogP contribution in [0, 0.1) is 0 Å². The molecule has 0 aromatic carbocycles. The fraction of sp³-hybridized carbons (Fsp3) is 0.667. The average Bonchev–Trinajstić information content (AvgIpc) is 1.99. The molecule has 1 nitrogen and oxygen atoms in total. The molecule has 0 amide bonds. The van der Waals surface area contributed by atoms with Crippen LogP contribution in [0.2, 0.25) is 0 Å². The summed E-state index contributed by atoms with van der Waals surface area (Å²) in [6, 6.07) is 0. The molecule has 0 aliphatic heterocycles. The Balaban J connectivity index is 4.00. The van der Waals surface area contributed by atoms with E-state index in [0.717, 1.165) is 12.8 Å². The van der Waals surface area contributed by atoms with Crippen LogP contribution in [0.4, 0.5) is 0 Å². The number of hydrogen-bond donors (Lipinski definition) is 0. The second-order valence-corrected chi connectivity index (χ2v) is 9.01. The van der Waals surface area contributed by atoms with E-state index in [2.05, 4.69) is 6.92 Å². The number of allylic oxidation sites excluding steroid dienone is 1. The van der Waals surface area contributed by atoms with E-state index in [-0.39, 0.29) is 0 Å².